The molecule has 0 spiro atoms. The van der Waals surface area contributed by atoms with Gasteiger partial charge in [-0.1, -0.05) is 19.1 Å². The largest absolute Gasteiger partial charge is 0.486 e. The number of fused-ring (bicyclic) bond motifs is 1. The van der Waals surface area contributed by atoms with Crippen LogP contribution in [0.1, 0.15) is 24.2 Å². The first kappa shape index (κ1) is 24.5. The Kier molecular flexibility index (Phi) is 7.49. The molecule has 1 aromatic carbocycles. The van der Waals surface area contributed by atoms with Crippen LogP contribution in [0.3, 0.4) is 0 Å². The molecule has 0 radical (unpaired) electrons. The number of likely N-dealkylation sites (N-methyl/N-ethyl adjacent to an activating group) is 1. The number of rotatable bonds is 7. The van der Waals surface area contributed by atoms with Crippen molar-refractivity contribution in [3.63, 3.8) is 0 Å². The summed E-state index contributed by atoms with van der Waals surface area (Å²) in [6, 6.07) is 8.28. The number of aliphatic hydroxyl groups excluding tert-OH is 1. The second kappa shape index (κ2) is 9.78. The minimum absolute atomic E-state index is 0.123. The first-order chi connectivity index (χ1) is 15.1. The fourth-order valence-corrected chi connectivity index (χ4v) is 6.10. The fraction of sp³-hybridized carbons (Fsp3) is 0.500. The number of carbonyl (C=O) groups is 1. The summed E-state index contributed by atoms with van der Waals surface area (Å²) < 4.78 is 34.0. The van der Waals surface area contributed by atoms with E-state index in [1.54, 1.807) is 48.5 Å². The molecule has 0 unspecified atom stereocenters. The Morgan fingerprint density at radius 1 is 1.25 bits per heavy atom. The Morgan fingerprint density at radius 2 is 1.97 bits per heavy atom. The predicted molar refractivity (Wildman–Crippen MR) is 126 cm³/mol. The van der Waals surface area contributed by atoms with E-state index < -0.39 is 16.1 Å². The molecule has 2 heterocycles. The number of anilines is 1. The van der Waals surface area contributed by atoms with Gasteiger partial charge in [-0.05, 0) is 30.5 Å². The Labute approximate surface area is 194 Å². The minimum Gasteiger partial charge on any atom is -0.486 e. The van der Waals surface area contributed by atoms with Crippen molar-refractivity contribution in [2.24, 2.45) is 5.92 Å². The molecule has 0 fully saturated rings. The first-order valence-electron chi connectivity index (χ1n) is 10.5. The van der Waals surface area contributed by atoms with E-state index in [2.05, 4.69) is 0 Å². The number of ether oxygens (including phenoxy) is 1. The molecule has 3 atom stereocenters. The zero-order chi connectivity index (χ0) is 23.6. The van der Waals surface area contributed by atoms with Crippen LogP contribution in [0.25, 0.3) is 0 Å². The van der Waals surface area contributed by atoms with Crippen LogP contribution >= 0.6 is 11.3 Å². The molecule has 32 heavy (non-hydrogen) atoms. The van der Waals surface area contributed by atoms with Crippen molar-refractivity contribution in [3.8, 4) is 5.75 Å². The zero-order valence-electron chi connectivity index (χ0n) is 19.1. The number of aliphatic hydroxyl groups is 1. The number of para-hydroxylation sites is 1. The molecule has 8 nitrogen and oxygen atoms in total. The number of carbonyl (C=O) groups excluding carboxylic acids is 1. The van der Waals surface area contributed by atoms with Gasteiger partial charge in [-0.25, -0.2) is 8.42 Å². The zero-order valence-corrected chi connectivity index (χ0v) is 20.7. The first-order valence-corrected chi connectivity index (χ1v) is 12.8. The maximum atomic E-state index is 13.4. The normalized spacial score (nSPS) is 20.3. The van der Waals surface area contributed by atoms with Crippen molar-refractivity contribution in [2.45, 2.75) is 30.2 Å². The molecule has 1 N–H and O–H groups in total. The quantitative estimate of drug-likeness (QED) is 0.653. The van der Waals surface area contributed by atoms with E-state index in [0.717, 1.165) is 5.69 Å². The van der Waals surface area contributed by atoms with E-state index in [-0.39, 0.29) is 35.2 Å². The van der Waals surface area contributed by atoms with Crippen molar-refractivity contribution < 1.29 is 23.1 Å². The number of sulfonamides is 1. The lowest BCUT2D eigenvalue weighted by atomic mass is 9.99. The van der Waals surface area contributed by atoms with E-state index >= 15 is 0 Å². The van der Waals surface area contributed by atoms with E-state index in [1.807, 2.05) is 32.0 Å². The summed E-state index contributed by atoms with van der Waals surface area (Å²) in [6.07, 6.45) is -0.504. The van der Waals surface area contributed by atoms with Gasteiger partial charge in [-0.2, -0.15) is 4.31 Å². The maximum Gasteiger partial charge on any atom is 0.258 e. The SMILES string of the molecule is C[C@H](CO)N1C[C@H](C)[C@@H](CN(C)S(=O)(=O)c2cccs2)Oc2c(cccc2N(C)C)C1=O. The van der Waals surface area contributed by atoms with Crippen LogP contribution in [0.2, 0.25) is 0 Å². The topological polar surface area (TPSA) is 90.4 Å². The number of nitrogens with zero attached hydrogens (tertiary/aromatic N) is 3. The molecular weight excluding hydrogens is 450 g/mol. The van der Waals surface area contributed by atoms with Crippen molar-refractivity contribution >= 4 is 33.0 Å². The molecule has 176 valence electrons. The maximum absolute atomic E-state index is 13.4. The van der Waals surface area contributed by atoms with Gasteiger partial charge >= 0.3 is 0 Å². The summed E-state index contributed by atoms with van der Waals surface area (Å²) in [6.45, 7) is 4.02. The van der Waals surface area contributed by atoms with Gasteiger partial charge in [0.1, 0.15) is 10.3 Å². The van der Waals surface area contributed by atoms with Gasteiger partial charge < -0.3 is 19.6 Å². The van der Waals surface area contributed by atoms with Crippen LogP contribution in [-0.2, 0) is 10.0 Å². The summed E-state index contributed by atoms with van der Waals surface area (Å²) >= 11 is 1.17. The van der Waals surface area contributed by atoms with Gasteiger partial charge in [0.2, 0.25) is 0 Å². The van der Waals surface area contributed by atoms with Crippen LogP contribution in [-0.4, -0.2) is 81.6 Å². The van der Waals surface area contributed by atoms with E-state index in [1.165, 1.54) is 15.6 Å². The fourth-order valence-electron chi connectivity index (χ4n) is 3.71. The van der Waals surface area contributed by atoms with Crippen LogP contribution in [0.15, 0.2) is 39.9 Å². The monoisotopic (exact) mass is 481 g/mol. The molecule has 0 saturated heterocycles. The Balaban J connectivity index is 2.03. The molecule has 0 bridgehead atoms. The molecule has 3 rings (SSSR count). The second-order valence-electron chi connectivity index (χ2n) is 8.39. The highest BCUT2D eigenvalue weighted by Crippen LogP contribution is 2.36. The van der Waals surface area contributed by atoms with E-state index in [4.69, 9.17) is 4.74 Å². The highest BCUT2D eigenvalue weighted by Gasteiger charge is 2.36. The molecule has 1 aromatic heterocycles. The molecule has 1 amide bonds. The molecule has 10 heteroatoms. The number of amides is 1. The van der Waals surface area contributed by atoms with Gasteiger partial charge in [-0.3, -0.25) is 4.79 Å². The highest BCUT2D eigenvalue weighted by atomic mass is 32.2. The average molecular weight is 482 g/mol. The predicted octanol–water partition coefficient (Wildman–Crippen LogP) is 2.35. The smallest absolute Gasteiger partial charge is 0.258 e. The van der Waals surface area contributed by atoms with E-state index in [0.29, 0.717) is 17.9 Å². The van der Waals surface area contributed by atoms with Crippen LogP contribution in [0, 0.1) is 5.92 Å². The van der Waals surface area contributed by atoms with Gasteiger partial charge in [0.05, 0.1) is 30.4 Å². The second-order valence-corrected chi connectivity index (χ2v) is 11.6. The van der Waals surface area contributed by atoms with Crippen LogP contribution < -0.4 is 9.64 Å². The molecule has 0 saturated carbocycles. The third-order valence-corrected chi connectivity index (χ3v) is 8.95. The Morgan fingerprint density at radius 3 is 2.56 bits per heavy atom. The lowest BCUT2D eigenvalue weighted by molar-refractivity contribution is 0.0388. The van der Waals surface area contributed by atoms with E-state index in [9.17, 15) is 18.3 Å². The van der Waals surface area contributed by atoms with Crippen LogP contribution in [0.4, 0.5) is 5.69 Å². The summed E-state index contributed by atoms with van der Waals surface area (Å²) in [5.41, 5.74) is 1.13. The Hall–Kier alpha value is -2.14. The van der Waals surface area contributed by atoms with Crippen molar-refractivity contribution in [1.29, 1.82) is 0 Å². The van der Waals surface area contributed by atoms with Gasteiger partial charge in [-0.15, -0.1) is 11.3 Å². The molecule has 2 aromatic rings. The van der Waals surface area contributed by atoms with Crippen LogP contribution in [0.5, 0.6) is 5.75 Å². The van der Waals surface area contributed by atoms with Gasteiger partial charge in [0.15, 0.2) is 5.75 Å². The summed E-state index contributed by atoms with van der Waals surface area (Å²) in [7, 11) is 1.62. The summed E-state index contributed by atoms with van der Waals surface area (Å²) in [5.74, 6) is 0.0310. The third-order valence-electron chi connectivity index (χ3n) is 5.75. The number of hydrogen-bond acceptors (Lipinski definition) is 7. The standard InChI is InChI=1S/C22H31N3O5S2/c1-15-12-25(16(2)14-26)22(27)17-8-6-9-18(23(3)4)21(17)30-19(15)13-24(5)32(28,29)20-10-7-11-31-20/h6-11,15-16,19,26H,12-14H2,1-5H3/t15-,16+,19+/m0/s1. The molecular formula is C22H31N3O5S2. The lowest BCUT2D eigenvalue weighted by Gasteiger charge is -2.38. The lowest BCUT2D eigenvalue weighted by Crippen LogP contribution is -2.50. The number of hydrogen-bond donors (Lipinski definition) is 1. The Bertz CT molecular complexity index is 1040. The minimum atomic E-state index is -3.65. The summed E-state index contributed by atoms with van der Waals surface area (Å²) in [5, 5.41) is 11.5. The molecule has 1 aliphatic rings. The van der Waals surface area contributed by atoms with Crippen molar-refractivity contribution in [1.82, 2.24) is 9.21 Å². The van der Waals surface area contributed by atoms with Crippen molar-refractivity contribution in [2.75, 3.05) is 45.7 Å². The highest BCUT2D eigenvalue weighted by molar-refractivity contribution is 7.91. The van der Waals surface area contributed by atoms with Gasteiger partial charge in [0, 0.05) is 33.6 Å². The molecule has 1 aliphatic heterocycles. The third kappa shape index (κ3) is 4.78. The summed E-state index contributed by atoms with van der Waals surface area (Å²) in [4.78, 5) is 16.9. The number of thiophene rings is 1. The molecule has 0 aliphatic carbocycles. The number of benzene rings is 1. The average Bonchev–Trinajstić information content (AvgIpc) is 3.30. The van der Waals surface area contributed by atoms with Crippen molar-refractivity contribution in [3.05, 3.63) is 41.3 Å². The van der Waals surface area contributed by atoms with Gasteiger partial charge in [0.25, 0.3) is 15.9 Å².